The smallest absolute Gasteiger partial charge is 0.259 e. The average molecular weight is 286 g/mol. The lowest BCUT2D eigenvalue weighted by atomic mass is 9.93. The number of carbonyl (C=O) groups excluding carboxylic acids is 1. The summed E-state index contributed by atoms with van der Waals surface area (Å²) in [7, 11) is 0. The molecule has 0 radical (unpaired) electrons. The van der Waals surface area contributed by atoms with Gasteiger partial charge in [0.15, 0.2) is 0 Å². The van der Waals surface area contributed by atoms with Crippen molar-refractivity contribution in [2.75, 3.05) is 19.6 Å². The van der Waals surface area contributed by atoms with Crippen molar-refractivity contribution in [2.24, 2.45) is 5.92 Å². The molecule has 1 N–H and O–H groups in total. The minimum atomic E-state index is 0. The van der Waals surface area contributed by atoms with E-state index < -0.39 is 0 Å². The molecule has 1 aromatic rings. The van der Waals surface area contributed by atoms with Crippen LogP contribution in [0.25, 0.3) is 0 Å². The molecule has 2 unspecified atom stereocenters. The standard InChI is InChI=1S/C13H19N3O2.ClH/c1-8-12(9(2)18-15-8)13(17)16-6-4-11-10(7-16)3-5-14-11;/h10-11,14H,3-7H2,1-2H3;1H. The first-order chi connectivity index (χ1) is 8.66. The molecule has 0 aliphatic carbocycles. The van der Waals surface area contributed by atoms with E-state index in [1.54, 1.807) is 6.92 Å². The fourth-order valence-corrected chi connectivity index (χ4v) is 3.18. The molecule has 0 bridgehead atoms. The first-order valence-electron chi connectivity index (χ1n) is 6.62. The van der Waals surface area contributed by atoms with Crippen LogP contribution in [0.5, 0.6) is 0 Å². The Bertz CT molecular complexity index is 455. The highest BCUT2D eigenvalue weighted by molar-refractivity contribution is 5.96. The molecule has 2 saturated heterocycles. The maximum Gasteiger partial charge on any atom is 0.259 e. The van der Waals surface area contributed by atoms with Gasteiger partial charge in [-0.05, 0) is 39.2 Å². The Kier molecular flexibility index (Phi) is 4.16. The van der Waals surface area contributed by atoms with Crippen LogP contribution >= 0.6 is 12.4 Å². The van der Waals surface area contributed by atoms with Gasteiger partial charge in [-0.25, -0.2) is 0 Å². The number of rotatable bonds is 1. The van der Waals surface area contributed by atoms with Gasteiger partial charge in [0.1, 0.15) is 11.3 Å². The SMILES string of the molecule is Cc1noc(C)c1C(=O)N1CCC2NCCC2C1.Cl. The van der Waals surface area contributed by atoms with Gasteiger partial charge in [0.25, 0.3) is 5.91 Å². The monoisotopic (exact) mass is 285 g/mol. The molecule has 5 nitrogen and oxygen atoms in total. The third kappa shape index (κ3) is 2.49. The summed E-state index contributed by atoms with van der Waals surface area (Å²) in [5, 5.41) is 7.37. The van der Waals surface area contributed by atoms with Gasteiger partial charge in [-0.3, -0.25) is 4.79 Å². The van der Waals surface area contributed by atoms with Gasteiger partial charge in [0.2, 0.25) is 0 Å². The van der Waals surface area contributed by atoms with Crippen LogP contribution < -0.4 is 5.32 Å². The quantitative estimate of drug-likeness (QED) is 0.850. The molecule has 0 saturated carbocycles. The molecular weight excluding hydrogens is 266 g/mol. The summed E-state index contributed by atoms with van der Waals surface area (Å²) in [6.45, 7) is 6.41. The number of aromatic nitrogens is 1. The molecule has 2 aliphatic rings. The molecule has 1 aromatic heterocycles. The second-order valence-electron chi connectivity index (χ2n) is 5.35. The highest BCUT2D eigenvalue weighted by atomic mass is 35.5. The van der Waals surface area contributed by atoms with Gasteiger partial charge >= 0.3 is 0 Å². The van der Waals surface area contributed by atoms with E-state index in [2.05, 4.69) is 10.5 Å². The number of amides is 1. The van der Waals surface area contributed by atoms with E-state index in [-0.39, 0.29) is 18.3 Å². The Hall–Kier alpha value is -1.07. The summed E-state index contributed by atoms with van der Waals surface area (Å²) in [5.41, 5.74) is 1.35. The molecule has 2 aliphatic heterocycles. The molecule has 1 amide bonds. The third-order valence-electron chi connectivity index (χ3n) is 4.19. The van der Waals surface area contributed by atoms with Crippen molar-refractivity contribution in [3.63, 3.8) is 0 Å². The summed E-state index contributed by atoms with van der Waals surface area (Å²) in [6, 6.07) is 0.610. The number of piperidine rings is 1. The van der Waals surface area contributed by atoms with Crippen LogP contribution in [0.1, 0.15) is 34.7 Å². The molecular formula is C13H20ClN3O2. The fourth-order valence-electron chi connectivity index (χ4n) is 3.18. The molecule has 6 heteroatoms. The van der Waals surface area contributed by atoms with Gasteiger partial charge < -0.3 is 14.7 Å². The van der Waals surface area contributed by atoms with Crippen LogP contribution in [0, 0.1) is 19.8 Å². The van der Waals surface area contributed by atoms with Crippen molar-refractivity contribution in [1.82, 2.24) is 15.4 Å². The minimum absolute atomic E-state index is 0. The number of nitrogens with zero attached hydrogens (tertiary/aromatic N) is 2. The van der Waals surface area contributed by atoms with Crippen molar-refractivity contribution in [1.29, 1.82) is 0 Å². The minimum Gasteiger partial charge on any atom is -0.361 e. The summed E-state index contributed by atoms with van der Waals surface area (Å²) in [5.74, 6) is 1.32. The largest absolute Gasteiger partial charge is 0.361 e. The maximum absolute atomic E-state index is 12.5. The van der Waals surface area contributed by atoms with E-state index in [9.17, 15) is 4.79 Å². The number of hydrogen-bond donors (Lipinski definition) is 1. The molecule has 2 atom stereocenters. The highest BCUT2D eigenvalue weighted by Crippen LogP contribution is 2.26. The van der Waals surface area contributed by atoms with E-state index >= 15 is 0 Å². The summed E-state index contributed by atoms with van der Waals surface area (Å²) < 4.78 is 5.08. The van der Waals surface area contributed by atoms with Crippen molar-refractivity contribution in [2.45, 2.75) is 32.7 Å². The summed E-state index contributed by atoms with van der Waals surface area (Å²) in [6.07, 6.45) is 2.23. The number of fused-ring (bicyclic) bond motifs is 1. The van der Waals surface area contributed by atoms with E-state index in [4.69, 9.17) is 4.52 Å². The van der Waals surface area contributed by atoms with Crippen LogP contribution in [0.4, 0.5) is 0 Å². The van der Waals surface area contributed by atoms with Crippen LogP contribution in [0.3, 0.4) is 0 Å². The zero-order valence-electron chi connectivity index (χ0n) is 11.3. The van der Waals surface area contributed by atoms with Crippen LogP contribution in [0.2, 0.25) is 0 Å². The molecule has 0 spiro atoms. The lowest BCUT2D eigenvalue weighted by molar-refractivity contribution is 0.0659. The number of aryl methyl sites for hydroxylation is 2. The summed E-state index contributed by atoms with van der Waals surface area (Å²) >= 11 is 0. The zero-order valence-corrected chi connectivity index (χ0v) is 12.1. The number of hydrogen-bond acceptors (Lipinski definition) is 4. The van der Waals surface area contributed by atoms with Gasteiger partial charge in [0, 0.05) is 19.1 Å². The zero-order chi connectivity index (χ0) is 12.7. The van der Waals surface area contributed by atoms with E-state index in [1.807, 2.05) is 11.8 Å². The van der Waals surface area contributed by atoms with Gasteiger partial charge in [-0.2, -0.15) is 0 Å². The molecule has 3 heterocycles. The van der Waals surface area contributed by atoms with Gasteiger partial charge in [-0.15, -0.1) is 12.4 Å². The van der Waals surface area contributed by atoms with Crippen molar-refractivity contribution in [3.05, 3.63) is 17.0 Å². The van der Waals surface area contributed by atoms with Gasteiger partial charge in [0.05, 0.1) is 5.69 Å². The highest BCUT2D eigenvalue weighted by Gasteiger charge is 2.35. The van der Waals surface area contributed by atoms with Crippen molar-refractivity contribution in [3.8, 4) is 0 Å². The summed E-state index contributed by atoms with van der Waals surface area (Å²) in [4.78, 5) is 14.5. The maximum atomic E-state index is 12.5. The number of nitrogens with one attached hydrogen (secondary N) is 1. The second kappa shape index (κ2) is 5.51. The van der Waals surface area contributed by atoms with Crippen molar-refractivity contribution < 1.29 is 9.32 Å². The lowest BCUT2D eigenvalue weighted by Crippen LogP contribution is -2.47. The Morgan fingerprint density at radius 1 is 1.42 bits per heavy atom. The van der Waals surface area contributed by atoms with E-state index in [1.165, 1.54) is 6.42 Å². The Balaban J connectivity index is 0.00000133. The lowest BCUT2D eigenvalue weighted by Gasteiger charge is -2.34. The van der Waals surface area contributed by atoms with E-state index in [0.29, 0.717) is 29.0 Å². The third-order valence-corrected chi connectivity index (χ3v) is 4.19. The molecule has 106 valence electrons. The number of likely N-dealkylation sites (tertiary alicyclic amines) is 1. The van der Waals surface area contributed by atoms with Crippen molar-refractivity contribution >= 4 is 18.3 Å². The number of halogens is 1. The predicted molar refractivity (Wildman–Crippen MR) is 73.6 cm³/mol. The first kappa shape index (κ1) is 14.3. The normalized spacial score (nSPS) is 25.9. The Morgan fingerprint density at radius 2 is 2.21 bits per heavy atom. The number of carbonyl (C=O) groups is 1. The topological polar surface area (TPSA) is 58.4 Å². The van der Waals surface area contributed by atoms with Crippen LogP contribution in [0.15, 0.2) is 4.52 Å². The molecule has 19 heavy (non-hydrogen) atoms. The fraction of sp³-hybridized carbons (Fsp3) is 0.692. The molecule has 2 fully saturated rings. The van der Waals surface area contributed by atoms with E-state index in [0.717, 1.165) is 26.1 Å². The Labute approximate surface area is 119 Å². The van der Waals surface area contributed by atoms with Crippen LogP contribution in [-0.4, -0.2) is 41.6 Å². The molecule has 0 aromatic carbocycles. The molecule has 3 rings (SSSR count). The second-order valence-corrected chi connectivity index (χ2v) is 5.35. The van der Waals surface area contributed by atoms with Crippen LogP contribution in [-0.2, 0) is 0 Å². The predicted octanol–water partition coefficient (Wildman–Crippen LogP) is 1.54. The Morgan fingerprint density at radius 3 is 2.89 bits per heavy atom. The average Bonchev–Trinajstić information content (AvgIpc) is 2.94. The first-order valence-corrected chi connectivity index (χ1v) is 6.62. The van der Waals surface area contributed by atoms with Gasteiger partial charge in [-0.1, -0.05) is 5.16 Å².